The third-order valence-corrected chi connectivity index (χ3v) is 7.38. The number of nitrogens with zero attached hydrogens (tertiary/aromatic N) is 5. The van der Waals surface area contributed by atoms with Crippen molar-refractivity contribution in [3.05, 3.63) is 47.2 Å². The van der Waals surface area contributed by atoms with Crippen molar-refractivity contribution in [2.75, 3.05) is 11.5 Å². The molecule has 1 unspecified atom stereocenters. The summed E-state index contributed by atoms with van der Waals surface area (Å²) in [7, 11) is 1.69. The first kappa shape index (κ1) is 21.3. The van der Waals surface area contributed by atoms with Gasteiger partial charge in [0.1, 0.15) is 23.2 Å². The van der Waals surface area contributed by atoms with Crippen LogP contribution in [0.15, 0.2) is 46.8 Å². The standard InChI is InChI=1S/C18H19N7O4S2/c1-24-18(21-22-23-24)31-8-10-7-30-16-12(15(27)25(16)13(10)17(28)29)20-14(26)11(19)9-5-3-2-4-6-9/h2-6,11-12,16H,7-8,19H2,1H3,(H,20,26)(H,28,29)/t11-,12?,16-/m0/s1. The van der Waals surface area contributed by atoms with Gasteiger partial charge in [-0.05, 0) is 21.6 Å². The van der Waals surface area contributed by atoms with Crippen LogP contribution in [0.3, 0.4) is 0 Å². The number of carboxylic acids is 1. The highest BCUT2D eigenvalue weighted by molar-refractivity contribution is 8.01. The zero-order valence-electron chi connectivity index (χ0n) is 16.3. The number of amides is 2. The maximum Gasteiger partial charge on any atom is 0.352 e. The van der Waals surface area contributed by atoms with Gasteiger partial charge in [-0.15, -0.1) is 16.9 Å². The van der Waals surface area contributed by atoms with E-state index in [1.807, 2.05) is 6.07 Å². The molecule has 3 heterocycles. The highest BCUT2D eigenvalue weighted by Gasteiger charge is 2.54. The number of carboxylic acid groups (broad SMARTS) is 1. The van der Waals surface area contributed by atoms with Crippen LogP contribution in [0.1, 0.15) is 11.6 Å². The van der Waals surface area contributed by atoms with Crippen molar-refractivity contribution in [1.29, 1.82) is 0 Å². The predicted octanol–water partition coefficient (Wildman–Crippen LogP) is -0.259. The summed E-state index contributed by atoms with van der Waals surface area (Å²) in [6.07, 6.45) is 0. The average molecular weight is 462 g/mol. The molecule has 1 saturated heterocycles. The summed E-state index contributed by atoms with van der Waals surface area (Å²) in [5.41, 5.74) is 7.19. The van der Waals surface area contributed by atoms with E-state index in [0.717, 1.165) is 0 Å². The lowest BCUT2D eigenvalue weighted by molar-refractivity contribution is -0.150. The molecule has 31 heavy (non-hydrogen) atoms. The van der Waals surface area contributed by atoms with Gasteiger partial charge in [0.25, 0.3) is 5.91 Å². The van der Waals surface area contributed by atoms with E-state index in [4.69, 9.17) is 5.73 Å². The quantitative estimate of drug-likeness (QED) is 0.371. The van der Waals surface area contributed by atoms with E-state index in [0.29, 0.717) is 27.8 Å². The van der Waals surface area contributed by atoms with E-state index in [-0.39, 0.29) is 5.70 Å². The molecule has 3 atom stereocenters. The van der Waals surface area contributed by atoms with Gasteiger partial charge in [-0.25, -0.2) is 9.48 Å². The molecule has 1 aromatic carbocycles. The van der Waals surface area contributed by atoms with Crippen molar-refractivity contribution in [2.45, 2.75) is 22.6 Å². The highest BCUT2D eigenvalue weighted by Crippen LogP contribution is 2.41. The minimum absolute atomic E-state index is 0.0470. The third kappa shape index (κ3) is 4.03. The molecule has 2 amide bonds. The molecule has 2 aromatic rings. The molecule has 2 aliphatic heterocycles. The van der Waals surface area contributed by atoms with Crippen LogP contribution in [-0.2, 0) is 21.4 Å². The van der Waals surface area contributed by atoms with E-state index >= 15 is 0 Å². The Balaban J connectivity index is 1.46. The van der Waals surface area contributed by atoms with Gasteiger partial charge >= 0.3 is 5.97 Å². The van der Waals surface area contributed by atoms with Gasteiger partial charge in [0.15, 0.2) is 0 Å². The second-order valence-corrected chi connectivity index (χ2v) is 8.96. The topological polar surface area (TPSA) is 156 Å². The predicted molar refractivity (Wildman–Crippen MR) is 113 cm³/mol. The summed E-state index contributed by atoms with van der Waals surface area (Å²) >= 11 is 2.69. The number of nitrogens with two attached hydrogens (primary N) is 1. The molecule has 0 bridgehead atoms. The van der Waals surface area contributed by atoms with Gasteiger partial charge in [-0.2, -0.15) is 0 Å². The Labute approximate surface area is 185 Å². The summed E-state index contributed by atoms with van der Waals surface area (Å²) in [6.45, 7) is 0. The van der Waals surface area contributed by atoms with Crippen molar-refractivity contribution < 1.29 is 19.5 Å². The van der Waals surface area contributed by atoms with Crippen LogP contribution in [0.4, 0.5) is 0 Å². The van der Waals surface area contributed by atoms with Gasteiger partial charge in [-0.1, -0.05) is 42.1 Å². The fourth-order valence-corrected chi connectivity index (χ4v) is 5.68. The second-order valence-electron chi connectivity index (χ2n) is 6.92. The van der Waals surface area contributed by atoms with Gasteiger partial charge in [0, 0.05) is 18.6 Å². The van der Waals surface area contributed by atoms with E-state index in [2.05, 4.69) is 20.8 Å². The number of carbonyl (C=O) groups is 3. The highest BCUT2D eigenvalue weighted by atomic mass is 32.2. The zero-order chi connectivity index (χ0) is 22.1. The first-order chi connectivity index (χ1) is 14.9. The number of benzene rings is 1. The van der Waals surface area contributed by atoms with Crippen LogP contribution in [0.2, 0.25) is 0 Å². The fourth-order valence-electron chi connectivity index (χ4n) is 3.34. The van der Waals surface area contributed by atoms with Crippen molar-refractivity contribution in [2.24, 2.45) is 12.8 Å². The van der Waals surface area contributed by atoms with Gasteiger partial charge in [0.2, 0.25) is 11.1 Å². The molecule has 0 aliphatic carbocycles. The Morgan fingerprint density at radius 1 is 1.39 bits per heavy atom. The van der Waals surface area contributed by atoms with Crippen LogP contribution in [0, 0.1) is 0 Å². The third-order valence-electron chi connectivity index (χ3n) is 4.95. The number of carbonyl (C=O) groups excluding carboxylic acids is 2. The van der Waals surface area contributed by atoms with E-state index in [1.54, 1.807) is 31.3 Å². The molecule has 13 heteroatoms. The van der Waals surface area contributed by atoms with Crippen molar-refractivity contribution >= 4 is 41.3 Å². The minimum atomic E-state index is -1.18. The van der Waals surface area contributed by atoms with Crippen molar-refractivity contribution in [1.82, 2.24) is 30.4 Å². The first-order valence-corrected chi connectivity index (χ1v) is 11.3. The van der Waals surface area contributed by atoms with Gasteiger partial charge < -0.3 is 16.2 Å². The van der Waals surface area contributed by atoms with Crippen LogP contribution in [-0.4, -0.2) is 70.9 Å². The fraction of sp³-hybridized carbons (Fsp3) is 0.333. The lowest BCUT2D eigenvalue weighted by Gasteiger charge is -2.49. The number of hydrogen-bond acceptors (Lipinski definition) is 9. The molecule has 0 saturated carbocycles. The number of aliphatic carboxylic acids is 1. The maximum atomic E-state index is 12.8. The number of fused-ring (bicyclic) bond motifs is 1. The molecule has 1 aromatic heterocycles. The largest absolute Gasteiger partial charge is 0.477 e. The molecule has 4 N–H and O–H groups in total. The second kappa shape index (κ2) is 8.69. The molecule has 1 fully saturated rings. The Bertz CT molecular complexity index is 1060. The monoisotopic (exact) mass is 461 g/mol. The smallest absolute Gasteiger partial charge is 0.352 e. The molecule has 0 radical (unpaired) electrons. The number of tetrazole rings is 1. The zero-order valence-corrected chi connectivity index (χ0v) is 18.0. The summed E-state index contributed by atoms with van der Waals surface area (Å²) in [4.78, 5) is 38.5. The van der Waals surface area contributed by atoms with E-state index in [9.17, 15) is 19.5 Å². The van der Waals surface area contributed by atoms with Crippen molar-refractivity contribution in [3.63, 3.8) is 0 Å². The first-order valence-electron chi connectivity index (χ1n) is 9.24. The van der Waals surface area contributed by atoms with Gasteiger partial charge in [0.05, 0.1) is 0 Å². The SMILES string of the molecule is Cn1nnnc1SCC1=C(C(=O)O)N2C(=O)C(NC(=O)[C@@H](N)c3ccccc3)[C@@H]2SC1. The molecule has 2 aliphatic rings. The van der Waals surface area contributed by atoms with Crippen LogP contribution in [0.25, 0.3) is 0 Å². The molecular weight excluding hydrogens is 442 g/mol. The Kier molecular flexibility index (Phi) is 5.98. The summed E-state index contributed by atoms with van der Waals surface area (Å²) < 4.78 is 1.49. The Hall–Kier alpha value is -2.90. The number of hydrogen-bond donors (Lipinski definition) is 3. The number of rotatable bonds is 7. The molecular formula is C18H19N7O4S2. The molecule has 162 valence electrons. The summed E-state index contributed by atoms with van der Waals surface area (Å²) in [6, 6.07) is 7.09. The minimum Gasteiger partial charge on any atom is -0.477 e. The lowest BCUT2D eigenvalue weighted by atomic mass is 10.0. The Morgan fingerprint density at radius 2 is 2.13 bits per heavy atom. The Morgan fingerprint density at radius 3 is 2.77 bits per heavy atom. The van der Waals surface area contributed by atoms with Crippen molar-refractivity contribution in [3.8, 4) is 0 Å². The molecule has 11 nitrogen and oxygen atoms in total. The average Bonchev–Trinajstić information content (AvgIpc) is 3.19. The number of β-lactam (4-membered cyclic amide) rings is 1. The number of aryl methyl sites for hydroxylation is 1. The van der Waals surface area contributed by atoms with Crippen LogP contribution in [0.5, 0.6) is 0 Å². The van der Waals surface area contributed by atoms with Crippen LogP contribution < -0.4 is 11.1 Å². The summed E-state index contributed by atoms with van der Waals surface area (Å²) in [5.74, 6) is -1.40. The number of nitrogens with one attached hydrogen (secondary N) is 1. The van der Waals surface area contributed by atoms with Gasteiger partial charge in [-0.3, -0.25) is 14.5 Å². The van der Waals surface area contributed by atoms with E-state index in [1.165, 1.54) is 33.1 Å². The molecule has 0 spiro atoms. The maximum absolute atomic E-state index is 12.8. The van der Waals surface area contributed by atoms with E-state index < -0.39 is 35.2 Å². The number of thioether (sulfide) groups is 2. The van der Waals surface area contributed by atoms with Crippen LogP contribution >= 0.6 is 23.5 Å². The molecule has 4 rings (SSSR count). The normalized spacial score (nSPS) is 21.4. The lowest BCUT2D eigenvalue weighted by Crippen LogP contribution is -2.71. The summed E-state index contributed by atoms with van der Waals surface area (Å²) in [5, 5.41) is 23.6. The number of aromatic nitrogens is 4.